The summed E-state index contributed by atoms with van der Waals surface area (Å²) in [4.78, 5) is 45.0. The van der Waals surface area contributed by atoms with E-state index in [0.717, 1.165) is 0 Å². The van der Waals surface area contributed by atoms with E-state index in [4.69, 9.17) is 4.42 Å². The minimum Gasteiger partial charge on any atom is -0.465 e. The van der Waals surface area contributed by atoms with Crippen LogP contribution in [-0.2, 0) is 9.53 Å². The zero-order valence-corrected chi connectivity index (χ0v) is 12.0. The maximum absolute atomic E-state index is 11.9. The topological polar surface area (TPSA) is 129 Å². The van der Waals surface area contributed by atoms with E-state index in [-0.39, 0.29) is 28.8 Å². The highest BCUT2D eigenvalue weighted by molar-refractivity contribution is 5.98. The van der Waals surface area contributed by atoms with Crippen LogP contribution in [0, 0.1) is 10.1 Å². The molecule has 0 aliphatic carbocycles. The highest BCUT2D eigenvalue weighted by Gasteiger charge is 2.16. The second-order valence-electron chi connectivity index (χ2n) is 4.41. The summed E-state index contributed by atoms with van der Waals surface area (Å²) in [5.41, 5.74) is -1.36. The molecular formula is C14H12N2O7. The molecule has 0 atom stereocenters. The number of ether oxygens (including phenoxy) is 1. The number of esters is 1. The molecule has 0 aliphatic rings. The summed E-state index contributed by atoms with van der Waals surface area (Å²) in [6, 6.07) is 4.82. The summed E-state index contributed by atoms with van der Waals surface area (Å²) in [5.74, 6) is -1.48. The molecule has 1 aromatic heterocycles. The lowest BCUT2D eigenvalue weighted by atomic mass is 10.1. The first kappa shape index (κ1) is 16.1. The molecule has 0 saturated carbocycles. The van der Waals surface area contributed by atoms with Crippen LogP contribution in [0.2, 0.25) is 0 Å². The van der Waals surface area contributed by atoms with Crippen molar-refractivity contribution in [2.75, 3.05) is 13.2 Å². The average molecular weight is 320 g/mol. The highest BCUT2D eigenvalue weighted by Crippen LogP contribution is 2.20. The third-order valence-electron chi connectivity index (χ3n) is 2.87. The molecule has 0 saturated heterocycles. The third kappa shape index (κ3) is 3.70. The lowest BCUT2D eigenvalue weighted by Gasteiger charge is -2.05. The fourth-order valence-corrected chi connectivity index (χ4v) is 1.84. The Labute approximate surface area is 129 Å². The number of carbonyl (C=O) groups excluding carboxylic acids is 2. The molecule has 0 unspecified atom stereocenters. The van der Waals surface area contributed by atoms with E-state index >= 15 is 0 Å². The van der Waals surface area contributed by atoms with E-state index in [2.05, 4.69) is 10.1 Å². The Morgan fingerprint density at radius 1 is 1.35 bits per heavy atom. The molecule has 1 aromatic carbocycles. The number of carbonyl (C=O) groups is 2. The van der Waals surface area contributed by atoms with Crippen LogP contribution in [0.15, 0.2) is 33.5 Å². The van der Waals surface area contributed by atoms with Gasteiger partial charge in [-0.1, -0.05) is 0 Å². The Morgan fingerprint density at radius 2 is 2.09 bits per heavy atom. The molecule has 23 heavy (non-hydrogen) atoms. The molecule has 120 valence electrons. The molecule has 9 heteroatoms. The number of fused-ring (bicyclic) bond motifs is 1. The molecule has 0 fully saturated rings. The molecule has 9 nitrogen and oxygen atoms in total. The van der Waals surface area contributed by atoms with Gasteiger partial charge in [-0.2, -0.15) is 0 Å². The van der Waals surface area contributed by atoms with Crippen molar-refractivity contribution in [3.8, 4) is 0 Å². The van der Waals surface area contributed by atoms with Crippen LogP contribution in [0.5, 0.6) is 0 Å². The van der Waals surface area contributed by atoms with Gasteiger partial charge in [-0.25, -0.2) is 4.79 Å². The van der Waals surface area contributed by atoms with Gasteiger partial charge in [0.25, 0.3) is 11.6 Å². The lowest BCUT2D eigenvalue weighted by Crippen LogP contribution is -2.33. The predicted octanol–water partition coefficient (Wildman–Crippen LogP) is 0.994. The lowest BCUT2D eigenvalue weighted by molar-refractivity contribution is -0.384. The van der Waals surface area contributed by atoms with Crippen LogP contribution in [0.1, 0.15) is 17.3 Å². The second kappa shape index (κ2) is 6.69. The van der Waals surface area contributed by atoms with Crippen LogP contribution < -0.4 is 10.9 Å². The smallest absolute Gasteiger partial charge is 0.349 e. The molecule has 2 rings (SSSR count). The predicted molar refractivity (Wildman–Crippen MR) is 78.1 cm³/mol. The van der Waals surface area contributed by atoms with Crippen molar-refractivity contribution in [1.29, 1.82) is 0 Å². The first-order valence-electron chi connectivity index (χ1n) is 6.58. The van der Waals surface area contributed by atoms with E-state index in [0.29, 0.717) is 0 Å². The van der Waals surface area contributed by atoms with Crippen LogP contribution in [0.3, 0.4) is 0 Å². The Kier molecular flexibility index (Phi) is 4.69. The number of hydrogen-bond donors (Lipinski definition) is 1. The van der Waals surface area contributed by atoms with Crippen LogP contribution >= 0.6 is 0 Å². The number of rotatable bonds is 5. The summed E-state index contributed by atoms with van der Waals surface area (Å²) in [6.45, 7) is 1.38. The molecule has 2 aromatic rings. The molecule has 0 bridgehead atoms. The Hall–Kier alpha value is -3.23. The standard InChI is InChI=1S/C14H12N2O7/c1-2-22-12(17)7-15-13(18)10-6-8-5-9(16(20)21)3-4-11(8)23-14(10)19/h3-6H,2,7H2,1H3,(H,15,18). The summed E-state index contributed by atoms with van der Waals surface area (Å²) in [6.07, 6.45) is 0. The third-order valence-corrected chi connectivity index (χ3v) is 2.87. The average Bonchev–Trinajstić information content (AvgIpc) is 2.51. The van der Waals surface area contributed by atoms with Crippen molar-refractivity contribution in [2.45, 2.75) is 6.92 Å². The summed E-state index contributed by atoms with van der Waals surface area (Å²) in [5, 5.41) is 13.2. The van der Waals surface area contributed by atoms with E-state index in [1.165, 1.54) is 24.3 Å². The second-order valence-corrected chi connectivity index (χ2v) is 4.41. The normalized spacial score (nSPS) is 10.3. The fraction of sp³-hybridized carbons (Fsp3) is 0.214. The van der Waals surface area contributed by atoms with Gasteiger partial charge in [0.05, 0.1) is 11.5 Å². The molecule has 1 heterocycles. The van der Waals surface area contributed by atoms with Gasteiger partial charge in [0.2, 0.25) is 0 Å². The fourth-order valence-electron chi connectivity index (χ4n) is 1.84. The number of benzene rings is 1. The Morgan fingerprint density at radius 3 is 2.74 bits per heavy atom. The van der Waals surface area contributed by atoms with E-state index in [1.807, 2.05) is 0 Å². The minimum atomic E-state index is -0.910. The number of nitro groups is 1. The Balaban J connectivity index is 2.30. The maximum Gasteiger partial charge on any atom is 0.349 e. The monoisotopic (exact) mass is 320 g/mol. The summed E-state index contributed by atoms with van der Waals surface area (Å²) < 4.78 is 9.59. The molecule has 0 spiro atoms. The number of nitrogens with zero attached hydrogens (tertiary/aromatic N) is 1. The number of non-ortho nitro benzene ring substituents is 1. The van der Waals surface area contributed by atoms with Crippen molar-refractivity contribution in [1.82, 2.24) is 5.32 Å². The van der Waals surface area contributed by atoms with Crippen molar-refractivity contribution in [3.63, 3.8) is 0 Å². The zero-order valence-electron chi connectivity index (χ0n) is 12.0. The molecule has 0 radical (unpaired) electrons. The van der Waals surface area contributed by atoms with Crippen molar-refractivity contribution in [2.24, 2.45) is 0 Å². The van der Waals surface area contributed by atoms with Gasteiger partial charge >= 0.3 is 11.6 Å². The van der Waals surface area contributed by atoms with Gasteiger partial charge in [-0.15, -0.1) is 0 Å². The van der Waals surface area contributed by atoms with Crippen molar-refractivity contribution < 1.29 is 23.7 Å². The van der Waals surface area contributed by atoms with Gasteiger partial charge in [0.1, 0.15) is 17.7 Å². The van der Waals surface area contributed by atoms with Gasteiger partial charge in [-0.3, -0.25) is 19.7 Å². The SMILES string of the molecule is CCOC(=O)CNC(=O)c1cc2cc([N+](=O)[O-])ccc2oc1=O. The van der Waals surface area contributed by atoms with E-state index in [1.54, 1.807) is 6.92 Å². The van der Waals surface area contributed by atoms with Crippen LogP contribution in [0.25, 0.3) is 11.0 Å². The highest BCUT2D eigenvalue weighted by atomic mass is 16.6. The largest absolute Gasteiger partial charge is 0.465 e. The van der Waals surface area contributed by atoms with Crippen LogP contribution in [-0.4, -0.2) is 30.0 Å². The van der Waals surface area contributed by atoms with Gasteiger partial charge < -0.3 is 14.5 Å². The van der Waals surface area contributed by atoms with Crippen molar-refractivity contribution >= 4 is 28.5 Å². The number of amides is 1. The van der Waals surface area contributed by atoms with Gasteiger partial charge in [0, 0.05) is 17.5 Å². The first-order valence-corrected chi connectivity index (χ1v) is 6.58. The molecular weight excluding hydrogens is 308 g/mol. The number of nitro benzene ring substituents is 1. The van der Waals surface area contributed by atoms with Crippen LogP contribution in [0.4, 0.5) is 5.69 Å². The Bertz CT molecular complexity index is 841. The quantitative estimate of drug-likeness (QED) is 0.376. The molecule has 1 N–H and O–H groups in total. The number of hydrogen-bond acceptors (Lipinski definition) is 7. The van der Waals surface area contributed by atoms with E-state index in [9.17, 15) is 24.5 Å². The van der Waals surface area contributed by atoms with E-state index < -0.39 is 29.0 Å². The first-order chi connectivity index (χ1) is 10.9. The zero-order chi connectivity index (χ0) is 17.0. The summed E-state index contributed by atoms with van der Waals surface area (Å²) >= 11 is 0. The van der Waals surface area contributed by atoms with Gasteiger partial charge in [0.15, 0.2) is 0 Å². The number of nitrogens with one attached hydrogen (secondary N) is 1. The summed E-state index contributed by atoms with van der Waals surface area (Å²) in [7, 11) is 0. The minimum absolute atomic E-state index is 0.113. The molecule has 1 amide bonds. The molecule has 0 aliphatic heterocycles. The van der Waals surface area contributed by atoms with Crippen molar-refractivity contribution in [3.05, 3.63) is 50.4 Å². The van der Waals surface area contributed by atoms with Gasteiger partial charge in [-0.05, 0) is 19.1 Å². The maximum atomic E-state index is 11.9.